The maximum absolute atomic E-state index is 13.2. The molecule has 0 bridgehead atoms. The summed E-state index contributed by atoms with van der Waals surface area (Å²) in [5.41, 5.74) is 6.47. The van der Waals surface area contributed by atoms with Crippen molar-refractivity contribution >= 4 is 5.96 Å². The molecule has 1 saturated heterocycles. The Morgan fingerprint density at radius 2 is 2.18 bits per heavy atom. The van der Waals surface area contributed by atoms with Crippen LogP contribution in [-0.4, -0.2) is 47.3 Å². The zero-order valence-corrected chi connectivity index (χ0v) is 11.9. The fourth-order valence-corrected chi connectivity index (χ4v) is 2.10. The molecule has 1 aromatic heterocycles. The fraction of sp³-hybridized carbons (Fsp3) is 0.357. The minimum atomic E-state index is -0.349. The Hall–Kier alpha value is -2.48. The van der Waals surface area contributed by atoms with E-state index in [1.165, 1.54) is 12.1 Å². The number of hydrogen-bond acceptors (Lipinski definition) is 5. The van der Waals surface area contributed by atoms with Crippen LogP contribution in [-0.2, 0) is 11.3 Å². The number of hydrogen-bond donors (Lipinski definition) is 1. The molecule has 116 valence electrons. The summed E-state index contributed by atoms with van der Waals surface area (Å²) in [7, 11) is 0. The van der Waals surface area contributed by atoms with Crippen LogP contribution < -0.4 is 5.73 Å². The Morgan fingerprint density at radius 3 is 2.95 bits per heavy atom. The SMILES string of the molecule is NC(=NCc1nc(-c2cccc(F)c2)no1)N1CCOCC1. The van der Waals surface area contributed by atoms with Crippen molar-refractivity contribution in [3.05, 3.63) is 36.0 Å². The van der Waals surface area contributed by atoms with Crippen molar-refractivity contribution in [1.29, 1.82) is 0 Å². The van der Waals surface area contributed by atoms with E-state index in [-0.39, 0.29) is 12.4 Å². The van der Waals surface area contributed by atoms with Crippen molar-refractivity contribution in [2.45, 2.75) is 6.54 Å². The first-order chi connectivity index (χ1) is 10.7. The fourth-order valence-electron chi connectivity index (χ4n) is 2.10. The predicted octanol–water partition coefficient (Wildman–Crippen LogP) is 1.02. The summed E-state index contributed by atoms with van der Waals surface area (Å²) in [4.78, 5) is 10.4. The van der Waals surface area contributed by atoms with E-state index in [0.29, 0.717) is 49.5 Å². The molecule has 7 nitrogen and oxygen atoms in total. The predicted molar refractivity (Wildman–Crippen MR) is 77.4 cm³/mol. The number of halogens is 1. The number of rotatable bonds is 3. The lowest BCUT2D eigenvalue weighted by atomic mass is 10.2. The summed E-state index contributed by atoms with van der Waals surface area (Å²) in [6.07, 6.45) is 0. The molecule has 3 rings (SSSR count). The summed E-state index contributed by atoms with van der Waals surface area (Å²) in [6.45, 7) is 2.90. The third-order valence-electron chi connectivity index (χ3n) is 3.26. The zero-order valence-electron chi connectivity index (χ0n) is 11.9. The second-order valence-corrected chi connectivity index (χ2v) is 4.80. The molecule has 22 heavy (non-hydrogen) atoms. The summed E-state index contributed by atoms with van der Waals surface area (Å²) in [6, 6.07) is 6.01. The lowest BCUT2D eigenvalue weighted by Crippen LogP contribution is -2.44. The van der Waals surface area contributed by atoms with E-state index in [1.807, 2.05) is 4.90 Å². The number of nitrogens with two attached hydrogens (primary N) is 1. The number of ether oxygens (including phenoxy) is 1. The van der Waals surface area contributed by atoms with E-state index in [9.17, 15) is 4.39 Å². The summed E-state index contributed by atoms with van der Waals surface area (Å²) in [5, 5.41) is 3.82. The van der Waals surface area contributed by atoms with Crippen molar-refractivity contribution in [3.8, 4) is 11.4 Å². The molecular weight excluding hydrogens is 289 g/mol. The smallest absolute Gasteiger partial charge is 0.248 e. The van der Waals surface area contributed by atoms with Gasteiger partial charge in [-0.05, 0) is 12.1 Å². The maximum Gasteiger partial charge on any atom is 0.248 e. The quantitative estimate of drug-likeness (QED) is 0.672. The number of morpholine rings is 1. The minimum absolute atomic E-state index is 0.186. The molecule has 1 aliphatic heterocycles. The standard InChI is InChI=1S/C14H16FN5O2/c15-11-3-1-2-10(8-11)13-18-12(22-19-13)9-17-14(16)20-4-6-21-7-5-20/h1-3,8H,4-7,9H2,(H2,16,17). The van der Waals surface area contributed by atoms with Gasteiger partial charge in [-0.15, -0.1) is 0 Å². The molecule has 0 radical (unpaired) electrons. The summed E-state index contributed by atoms with van der Waals surface area (Å²) in [5.74, 6) is 0.734. The molecule has 2 N–H and O–H groups in total. The lowest BCUT2D eigenvalue weighted by Gasteiger charge is -2.27. The Bertz CT molecular complexity index is 667. The normalized spacial score (nSPS) is 16.0. The van der Waals surface area contributed by atoms with Crippen LogP contribution in [0.5, 0.6) is 0 Å². The molecule has 0 spiro atoms. The maximum atomic E-state index is 13.2. The summed E-state index contributed by atoms with van der Waals surface area (Å²) >= 11 is 0. The molecule has 1 aromatic carbocycles. The van der Waals surface area contributed by atoms with E-state index in [2.05, 4.69) is 15.1 Å². The highest BCUT2D eigenvalue weighted by atomic mass is 19.1. The molecule has 0 unspecified atom stereocenters. The zero-order chi connectivity index (χ0) is 15.4. The molecule has 0 amide bonds. The number of aliphatic imine (C=N–C) groups is 1. The minimum Gasteiger partial charge on any atom is -0.378 e. The first-order valence-corrected chi connectivity index (χ1v) is 6.93. The highest BCUT2D eigenvalue weighted by Crippen LogP contribution is 2.16. The number of benzene rings is 1. The molecule has 1 aliphatic rings. The number of nitrogens with zero attached hydrogens (tertiary/aromatic N) is 4. The number of guanidine groups is 1. The first kappa shape index (κ1) is 14.5. The molecule has 2 aromatic rings. The van der Waals surface area contributed by atoms with Crippen molar-refractivity contribution < 1.29 is 13.7 Å². The van der Waals surface area contributed by atoms with E-state index < -0.39 is 0 Å². The van der Waals surface area contributed by atoms with Gasteiger partial charge in [0, 0.05) is 18.7 Å². The van der Waals surface area contributed by atoms with Gasteiger partial charge in [0.15, 0.2) is 5.96 Å². The molecular formula is C14H16FN5O2. The van der Waals surface area contributed by atoms with Gasteiger partial charge in [-0.3, -0.25) is 0 Å². The van der Waals surface area contributed by atoms with Gasteiger partial charge in [0.2, 0.25) is 11.7 Å². The topological polar surface area (TPSA) is 89.8 Å². The van der Waals surface area contributed by atoms with Crippen molar-refractivity contribution in [3.63, 3.8) is 0 Å². The Kier molecular flexibility index (Phi) is 4.29. The van der Waals surface area contributed by atoms with Crippen molar-refractivity contribution in [1.82, 2.24) is 15.0 Å². The largest absolute Gasteiger partial charge is 0.378 e. The van der Waals surface area contributed by atoms with Crippen LogP contribution in [0.1, 0.15) is 5.89 Å². The van der Waals surface area contributed by atoms with Crippen LogP contribution in [0.4, 0.5) is 4.39 Å². The van der Waals surface area contributed by atoms with Crippen LogP contribution in [0.2, 0.25) is 0 Å². The van der Waals surface area contributed by atoms with E-state index in [1.54, 1.807) is 12.1 Å². The Balaban J connectivity index is 1.66. The monoisotopic (exact) mass is 305 g/mol. The summed E-state index contributed by atoms with van der Waals surface area (Å²) < 4.78 is 23.5. The first-order valence-electron chi connectivity index (χ1n) is 6.93. The van der Waals surface area contributed by atoms with Crippen LogP contribution in [0.25, 0.3) is 11.4 Å². The highest BCUT2D eigenvalue weighted by molar-refractivity contribution is 5.78. The van der Waals surface area contributed by atoms with Gasteiger partial charge in [-0.25, -0.2) is 9.38 Å². The molecule has 0 aliphatic carbocycles. The molecule has 2 heterocycles. The van der Waals surface area contributed by atoms with Gasteiger partial charge < -0.3 is 19.9 Å². The van der Waals surface area contributed by atoms with Gasteiger partial charge in [-0.1, -0.05) is 17.3 Å². The average molecular weight is 305 g/mol. The van der Waals surface area contributed by atoms with E-state index in [0.717, 1.165) is 0 Å². The van der Waals surface area contributed by atoms with Crippen LogP contribution in [0.3, 0.4) is 0 Å². The van der Waals surface area contributed by atoms with Gasteiger partial charge in [0.05, 0.1) is 13.2 Å². The lowest BCUT2D eigenvalue weighted by molar-refractivity contribution is 0.0674. The van der Waals surface area contributed by atoms with Gasteiger partial charge in [0.25, 0.3) is 0 Å². The second kappa shape index (κ2) is 6.52. The Labute approximate surface area is 126 Å². The van der Waals surface area contributed by atoms with Crippen LogP contribution >= 0.6 is 0 Å². The van der Waals surface area contributed by atoms with Crippen molar-refractivity contribution in [2.24, 2.45) is 10.7 Å². The van der Waals surface area contributed by atoms with Crippen molar-refractivity contribution in [2.75, 3.05) is 26.3 Å². The van der Waals surface area contributed by atoms with E-state index in [4.69, 9.17) is 15.0 Å². The molecule has 0 saturated carbocycles. The molecule has 1 fully saturated rings. The third kappa shape index (κ3) is 3.40. The van der Waals surface area contributed by atoms with Gasteiger partial charge >= 0.3 is 0 Å². The van der Waals surface area contributed by atoms with Gasteiger partial charge in [-0.2, -0.15) is 4.98 Å². The highest BCUT2D eigenvalue weighted by Gasteiger charge is 2.13. The average Bonchev–Trinajstić information content (AvgIpc) is 3.02. The van der Waals surface area contributed by atoms with Crippen LogP contribution in [0.15, 0.2) is 33.8 Å². The van der Waals surface area contributed by atoms with Crippen LogP contribution in [0, 0.1) is 5.82 Å². The van der Waals surface area contributed by atoms with Gasteiger partial charge in [0.1, 0.15) is 12.4 Å². The van der Waals surface area contributed by atoms with E-state index >= 15 is 0 Å². The second-order valence-electron chi connectivity index (χ2n) is 4.80. The number of aromatic nitrogens is 2. The Morgan fingerprint density at radius 1 is 1.36 bits per heavy atom. The molecule has 8 heteroatoms. The molecule has 0 atom stereocenters. The third-order valence-corrected chi connectivity index (χ3v) is 3.26.